The fourth-order valence-electron chi connectivity index (χ4n) is 1.78. The van der Waals surface area contributed by atoms with Gasteiger partial charge in [-0.3, -0.25) is 0 Å². The molecule has 1 atom stereocenters. The van der Waals surface area contributed by atoms with Crippen molar-refractivity contribution in [2.24, 2.45) is 0 Å². The summed E-state index contributed by atoms with van der Waals surface area (Å²) >= 11 is 0. The third-order valence-electron chi connectivity index (χ3n) is 3.08. The Hall–Kier alpha value is -1.32. The van der Waals surface area contributed by atoms with E-state index in [1.54, 1.807) is 0 Å². The highest BCUT2D eigenvalue weighted by molar-refractivity contribution is 5.15. The molecule has 0 spiro atoms. The Bertz CT molecular complexity index is 345. The van der Waals surface area contributed by atoms with E-state index in [2.05, 4.69) is 36.3 Å². The zero-order chi connectivity index (χ0) is 15.9. The second kappa shape index (κ2) is 13.7. The van der Waals surface area contributed by atoms with Crippen molar-refractivity contribution in [2.45, 2.75) is 52.7 Å². The molecule has 120 valence electrons. The normalized spacial score (nSPS) is 16.7. The molecular formula is C18H32N2O. The highest BCUT2D eigenvalue weighted by Gasteiger charge is 2.06. The summed E-state index contributed by atoms with van der Waals surface area (Å²) in [5.74, 6) is 0. The molecule has 1 aliphatic heterocycles. The monoisotopic (exact) mass is 292 g/mol. The first-order valence-corrected chi connectivity index (χ1v) is 8.06. The molecule has 3 heteroatoms. The van der Waals surface area contributed by atoms with Crippen molar-refractivity contribution < 1.29 is 5.11 Å². The van der Waals surface area contributed by atoms with Crippen LogP contribution in [-0.2, 0) is 6.54 Å². The average Bonchev–Trinajstić information content (AvgIpc) is 2.57. The summed E-state index contributed by atoms with van der Waals surface area (Å²) in [4.78, 5) is 0. The van der Waals surface area contributed by atoms with E-state index in [1.807, 2.05) is 32.0 Å². The third kappa shape index (κ3) is 11.1. The van der Waals surface area contributed by atoms with Crippen LogP contribution in [0.3, 0.4) is 0 Å². The van der Waals surface area contributed by atoms with Crippen LogP contribution < -0.4 is 10.6 Å². The second-order valence-corrected chi connectivity index (χ2v) is 4.80. The molecule has 1 saturated heterocycles. The van der Waals surface area contributed by atoms with Gasteiger partial charge < -0.3 is 15.7 Å². The first-order chi connectivity index (χ1) is 10.2. The summed E-state index contributed by atoms with van der Waals surface area (Å²) in [5, 5.41) is 15.2. The number of β-amino-alcohol motifs (C(OH)–C–C–N with tert-alkyl or cyclic N) is 1. The van der Waals surface area contributed by atoms with Gasteiger partial charge in [0.2, 0.25) is 0 Å². The Morgan fingerprint density at radius 2 is 2.00 bits per heavy atom. The van der Waals surface area contributed by atoms with Crippen LogP contribution in [-0.4, -0.2) is 24.3 Å². The Kier molecular flexibility index (Phi) is 12.8. The highest BCUT2D eigenvalue weighted by Crippen LogP contribution is 2.00. The van der Waals surface area contributed by atoms with Gasteiger partial charge in [-0.05, 0) is 31.4 Å². The van der Waals surface area contributed by atoms with Gasteiger partial charge in [-0.2, -0.15) is 0 Å². The maximum Gasteiger partial charge on any atom is 0.0665 e. The van der Waals surface area contributed by atoms with Gasteiger partial charge in [0.25, 0.3) is 0 Å². The summed E-state index contributed by atoms with van der Waals surface area (Å²) in [6.45, 7) is 12.7. The van der Waals surface area contributed by atoms with Crippen LogP contribution in [0.15, 0.2) is 42.6 Å². The molecule has 0 bridgehead atoms. The standard InChI is InChI=1S/C11H15N.C5H11NO.C2H6/c1-3-10(2)12-9-11-7-5-4-6-8-11;7-5-2-1-3-6-4-5;1-2/h4-8,12H,2-3,9H2,1H3;5-7H,1-4H2;1-2H3/t;5-;/m.1./s1. The fourth-order valence-corrected chi connectivity index (χ4v) is 1.78. The van der Waals surface area contributed by atoms with Gasteiger partial charge >= 0.3 is 0 Å². The maximum absolute atomic E-state index is 8.85. The number of hydrogen-bond donors (Lipinski definition) is 3. The van der Waals surface area contributed by atoms with Crippen molar-refractivity contribution in [1.29, 1.82) is 0 Å². The first kappa shape index (κ1) is 19.7. The molecule has 3 nitrogen and oxygen atoms in total. The van der Waals surface area contributed by atoms with Crippen molar-refractivity contribution in [2.75, 3.05) is 13.1 Å². The molecule has 0 aliphatic carbocycles. The zero-order valence-corrected chi connectivity index (χ0v) is 13.9. The topological polar surface area (TPSA) is 44.3 Å². The van der Waals surface area contributed by atoms with E-state index in [1.165, 1.54) is 5.56 Å². The summed E-state index contributed by atoms with van der Waals surface area (Å²) in [6, 6.07) is 10.3. The van der Waals surface area contributed by atoms with Crippen LogP contribution in [0.4, 0.5) is 0 Å². The smallest absolute Gasteiger partial charge is 0.0665 e. The molecule has 21 heavy (non-hydrogen) atoms. The molecule has 1 fully saturated rings. The lowest BCUT2D eigenvalue weighted by molar-refractivity contribution is 0.142. The van der Waals surface area contributed by atoms with Crippen molar-refractivity contribution in [3.63, 3.8) is 0 Å². The van der Waals surface area contributed by atoms with Crippen molar-refractivity contribution in [3.8, 4) is 0 Å². The molecule has 1 heterocycles. The Labute approximate surface area is 130 Å². The minimum absolute atomic E-state index is 0.0752. The van der Waals surface area contributed by atoms with Crippen LogP contribution >= 0.6 is 0 Å². The molecule has 0 unspecified atom stereocenters. The van der Waals surface area contributed by atoms with E-state index in [-0.39, 0.29) is 6.10 Å². The van der Waals surface area contributed by atoms with E-state index < -0.39 is 0 Å². The van der Waals surface area contributed by atoms with E-state index >= 15 is 0 Å². The number of allylic oxidation sites excluding steroid dienone is 1. The van der Waals surface area contributed by atoms with E-state index in [9.17, 15) is 0 Å². The van der Waals surface area contributed by atoms with E-state index in [4.69, 9.17) is 5.11 Å². The number of piperidine rings is 1. The fraction of sp³-hybridized carbons (Fsp3) is 0.556. The minimum Gasteiger partial charge on any atom is -0.392 e. The van der Waals surface area contributed by atoms with Gasteiger partial charge in [0.15, 0.2) is 0 Å². The van der Waals surface area contributed by atoms with Crippen LogP contribution in [0.5, 0.6) is 0 Å². The zero-order valence-electron chi connectivity index (χ0n) is 13.9. The molecule has 0 amide bonds. The first-order valence-electron chi connectivity index (χ1n) is 8.06. The number of hydrogen-bond acceptors (Lipinski definition) is 3. The van der Waals surface area contributed by atoms with Gasteiger partial charge in [0.05, 0.1) is 6.10 Å². The molecule has 0 saturated carbocycles. The molecule has 0 aromatic heterocycles. The van der Waals surface area contributed by atoms with Crippen molar-refractivity contribution in [3.05, 3.63) is 48.2 Å². The number of benzene rings is 1. The summed E-state index contributed by atoms with van der Waals surface area (Å²) in [6.07, 6.45) is 3.02. The SMILES string of the molecule is C=C(CC)NCc1ccccc1.CC.O[C@@H]1CCCNC1. The van der Waals surface area contributed by atoms with Crippen molar-refractivity contribution >= 4 is 0 Å². The molecule has 0 radical (unpaired) electrons. The number of aliphatic hydroxyl groups is 1. The van der Waals surface area contributed by atoms with Gasteiger partial charge in [0.1, 0.15) is 0 Å². The quantitative estimate of drug-likeness (QED) is 0.796. The average molecular weight is 292 g/mol. The molecule has 1 aliphatic rings. The Morgan fingerprint density at radius 3 is 2.43 bits per heavy atom. The number of rotatable bonds is 4. The predicted molar refractivity (Wildman–Crippen MR) is 92.2 cm³/mol. The summed E-state index contributed by atoms with van der Waals surface area (Å²) in [5.41, 5.74) is 2.39. The van der Waals surface area contributed by atoms with Gasteiger partial charge in [-0.25, -0.2) is 0 Å². The molecule has 1 aromatic rings. The second-order valence-electron chi connectivity index (χ2n) is 4.80. The Morgan fingerprint density at radius 1 is 1.33 bits per heavy atom. The van der Waals surface area contributed by atoms with Gasteiger partial charge in [-0.15, -0.1) is 0 Å². The highest BCUT2D eigenvalue weighted by atomic mass is 16.3. The third-order valence-corrected chi connectivity index (χ3v) is 3.08. The van der Waals surface area contributed by atoms with Gasteiger partial charge in [-0.1, -0.05) is 57.7 Å². The largest absolute Gasteiger partial charge is 0.392 e. The predicted octanol–water partition coefficient (Wildman–Crippen LogP) is 3.46. The summed E-state index contributed by atoms with van der Waals surface area (Å²) in [7, 11) is 0. The van der Waals surface area contributed by atoms with E-state index in [0.717, 1.165) is 44.6 Å². The van der Waals surface area contributed by atoms with E-state index in [0.29, 0.717) is 0 Å². The minimum atomic E-state index is -0.0752. The lowest BCUT2D eigenvalue weighted by atomic mass is 10.1. The maximum atomic E-state index is 8.85. The number of aliphatic hydroxyl groups excluding tert-OH is 1. The molecular weight excluding hydrogens is 260 g/mol. The number of nitrogens with one attached hydrogen (secondary N) is 2. The van der Waals surface area contributed by atoms with Crippen LogP contribution in [0.2, 0.25) is 0 Å². The lowest BCUT2D eigenvalue weighted by Crippen LogP contribution is -2.33. The lowest BCUT2D eigenvalue weighted by Gasteiger charge is -2.16. The van der Waals surface area contributed by atoms with Crippen LogP contribution in [0, 0.1) is 0 Å². The van der Waals surface area contributed by atoms with Crippen LogP contribution in [0.1, 0.15) is 45.6 Å². The van der Waals surface area contributed by atoms with Crippen molar-refractivity contribution in [1.82, 2.24) is 10.6 Å². The summed E-state index contributed by atoms with van der Waals surface area (Å²) < 4.78 is 0. The van der Waals surface area contributed by atoms with Crippen LogP contribution in [0.25, 0.3) is 0 Å². The van der Waals surface area contributed by atoms with Gasteiger partial charge in [0, 0.05) is 18.8 Å². The molecule has 3 N–H and O–H groups in total. The molecule has 2 rings (SSSR count). The Balaban J connectivity index is 0.000000377. The molecule has 1 aromatic carbocycles.